The van der Waals surface area contributed by atoms with Gasteiger partial charge in [-0.05, 0) is 64.2 Å². The van der Waals surface area contributed by atoms with Crippen molar-refractivity contribution < 1.29 is 92.4 Å². The summed E-state index contributed by atoms with van der Waals surface area (Å²) in [5, 5.41) is -5.64. The van der Waals surface area contributed by atoms with Crippen LogP contribution in [-0.4, -0.2) is 81.5 Å². The van der Waals surface area contributed by atoms with E-state index < -0.39 is 57.1 Å². The maximum atomic E-state index is 13.0. The molecule has 3 fully saturated rings. The second-order valence-electron chi connectivity index (χ2n) is 12.0. The SMILES string of the molecule is O=C1CCCCC1[S+](C1CCCCC1)C1CCCCC1.O=S(=O)([O-])C(F)(F)C(F)(F)C(F)(F)C(F)(F)C(F)(F)C(F)(F)C(F)(F)C(F)(F)F. The fourth-order valence-corrected chi connectivity index (χ4v) is 10.5. The Morgan fingerprint density at radius 3 is 1.14 bits per heavy atom. The second-order valence-corrected chi connectivity index (χ2v) is 16.2. The van der Waals surface area contributed by atoms with E-state index in [0.29, 0.717) is 21.9 Å². The van der Waals surface area contributed by atoms with Crippen LogP contribution in [0.2, 0.25) is 0 Å². The molecule has 0 spiro atoms. The molecule has 4 nitrogen and oxygen atoms in total. The van der Waals surface area contributed by atoms with Gasteiger partial charge in [0.15, 0.2) is 21.2 Å². The lowest BCUT2D eigenvalue weighted by Crippen LogP contribution is -2.75. The summed E-state index contributed by atoms with van der Waals surface area (Å²) in [6.45, 7) is 0. The topological polar surface area (TPSA) is 74.3 Å². The molecule has 0 N–H and O–H groups in total. The molecule has 3 aliphatic carbocycles. The minimum atomic E-state index is -8.92. The molecule has 0 aromatic carbocycles. The number of carbonyl (C=O) groups is 1. The number of hydrogen-bond acceptors (Lipinski definition) is 4. The van der Waals surface area contributed by atoms with E-state index in [4.69, 9.17) is 0 Å². The number of rotatable bonds is 10. The van der Waals surface area contributed by atoms with Gasteiger partial charge in [-0.25, -0.2) is 8.42 Å². The molecule has 0 aromatic heterocycles. The van der Waals surface area contributed by atoms with E-state index >= 15 is 0 Å². The number of hydrogen-bond donors (Lipinski definition) is 0. The van der Waals surface area contributed by atoms with Crippen LogP contribution in [-0.2, 0) is 25.8 Å². The first-order chi connectivity index (χ1) is 21.9. The van der Waals surface area contributed by atoms with Crippen LogP contribution in [0.25, 0.3) is 0 Å². The predicted octanol–water partition coefficient (Wildman–Crippen LogP) is 9.28. The Morgan fingerprint density at radius 1 is 0.490 bits per heavy atom. The summed E-state index contributed by atoms with van der Waals surface area (Å²) < 4.78 is 244. The van der Waals surface area contributed by atoms with Gasteiger partial charge in [-0.3, -0.25) is 4.79 Å². The highest BCUT2D eigenvalue weighted by Crippen LogP contribution is 2.64. The zero-order chi connectivity index (χ0) is 38.3. The van der Waals surface area contributed by atoms with Gasteiger partial charge in [0, 0.05) is 23.7 Å². The Bertz CT molecular complexity index is 1220. The van der Waals surface area contributed by atoms with Crippen molar-refractivity contribution in [2.75, 3.05) is 0 Å². The maximum absolute atomic E-state index is 13.0. The molecule has 3 rings (SSSR count). The third-order valence-electron chi connectivity index (χ3n) is 8.71. The molecule has 0 aliphatic heterocycles. The van der Waals surface area contributed by atoms with E-state index in [1.807, 2.05) is 0 Å². The van der Waals surface area contributed by atoms with E-state index in [2.05, 4.69) is 0 Å². The second kappa shape index (κ2) is 14.6. The highest BCUT2D eigenvalue weighted by Gasteiger charge is 2.95. The smallest absolute Gasteiger partial charge is 0.460 e. The molecular weight excluding hydrogens is 763 g/mol. The fraction of sp³-hybridized carbons (Fsp3) is 0.962. The molecule has 23 heteroatoms. The predicted molar refractivity (Wildman–Crippen MR) is 139 cm³/mol. The zero-order valence-corrected chi connectivity index (χ0v) is 26.6. The molecule has 0 radical (unpaired) electrons. The van der Waals surface area contributed by atoms with Crippen molar-refractivity contribution in [1.82, 2.24) is 0 Å². The lowest BCUT2D eigenvalue weighted by molar-refractivity contribution is -0.458. The Balaban J connectivity index is 0.000000360. The summed E-state index contributed by atoms with van der Waals surface area (Å²) in [6.07, 6.45) is 11.1. The summed E-state index contributed by atoms with van der Waals surface area (Å²) in [5.74, 6) is -51.5. The Morgan fingerprint density at radius 2 is 0.816 bits per heavy atom. The number of carbonyl (C=O) groups excluding carboxylic acids is 1. The fourth-order valence-electron chi connectivity index (χ4n) is 5.96. The zero-order valence-electron chi connectivity index (χ0n) is 25.0. The third kappa shape index (κ3) is 7.77. The lowest BCUT2D eigenvalue weighted by atomic mass is 9.91. The van der Waals surface area contributed by atoms with Gasteiger partial charge in [0.25, 0.3) is 0 Å². The van der Waals surface area contributed by atoms with Gasteiger partial charge in [0.1, 0.15) is 10.5 Å². The van der Waals surface area contributed by atoms with Gasteiger partial charge in [-0.15, -0.1) is 0 Å². The molecule has 1 atom stereocenters. The first kappa shape index (κ1) is 43.9. The van der Waals surface area contributed by atoms with E-state index in [1.165, 1.54) is 83.5 Å². The summed E-state index contributed by atoms with van der Waals surface area (Å²) in [5.41, 5.74) is 0. The summed E-state index contributed by atoms with van der Waals surface area (Å²) in [4.78, 5) is 12.5. The van der Waals surface area contributed by atoms with Crippen LogP contribution in [0.5, 0.6) is 0 Å². The molecule has 0 aromatic rings. The maximum Gasteiger partial charge on any atom is 0.460 e. The molecule has 3 aliphatic rings. The summed E-state index contributed by atoms with van der Waals surface area (Å²) in [7, 11) is -7.71. The quantitative estimate of drug-likeness (QED) is 0.126. The van der Waals surface area contributed by atoms with Gasteiger partial charge < -0.3 is 4.55 Å². The van der Waals surface area contributed by atoms with Crippen molar-refractivity contribution in [3.05, 3.63) is 0 Å². The Kier molecular flexibility index (Phi) is 13.1. The molecular formula is C26H31F17O4S2. The highest BCUT2D eigenvalue weighted by atomic mass is 32.2. The number of Topliss-reactive ketones (excluding diaryl/α,β-unsaturated/α-hetero) is 1. The van der Waals surface area contributed by atoms with Crippen LogP contribution in [0.3, 0.4) is 0 Å². The van der Waals surface area contributed by atoms with E-state index in [9.17, 15) is 92.4 Å². The van der Waals surface area contributed by atoms with Gasteiger partial charge in [0.05, 0.1) is 0 Å². The van der Waals surface area contributed by atoms with E-state index in [1.54, 1.807) is 0 Å². The molecule has 0 saturated heterocycles. The Hall–Kier alpha value is -1.26. The minimum absolute atomic E-state index is 0.437. The normalized spacial score (nSPS) is 22.6. The van der Waals surface area contributed by atoms with Crippen molar-refractivity contribution in [3.63, 3.8) is 0 Å². The monoisotopic (exact) mass is 794 g/mol. The lowest BCUT2D eigenvalue weighted by Gasteiger charge is -2.42. The molecule has 0 bridgehead atoms. The van der Waals surface area contributed by atoms with Crippen LogP contribution in [0.4, 0.5) is 74.6 Å². The van der Waals surface area contributed by atoms with Crippen molar-refractivity contribution in [2.24, 2.45) is 0 Å². The number of halogens is 17. The van der Waals surface area contributed by atoms with Crippen LogP contribution in [0.1, 0.15) is 89.9 Å². The van der Waals surface area contributed by atoms with Gasteiger partial charge in [-0.2, -0.15) is 74.6 Å². The standard InChI is InChI=1S/C18H31OS.C8HF17O3S/c19-17-13-7-8-14-18(17)20(15-9-3-1-4-10-15)16-11-5-2-6-12-16;9-1(10,3(13,14)5(17,18)7(21,22)23)2(11,12)4(15,16)6(19,20)8(24,25)29(26,27)28/h15-16,18H,1-14H2;(H,26,27,28)/q+1;/p-1. The van der Waals surface area contributed by atoms with E-state index in [0.717, 1.165) is 16.9 Å². The largest absolute Gasteiger partial charge is 0.743 e. The van der Waals surface area contributed by atoms with Gasteiger partial charge in [0.2, 0.25) is 0 Å². The number of ketones is 1. The van der Waals surface area contributed by atoms with Gasteiger partial charge >= 0.3 is 47.0 Å². The first-order valence-electron chi connectivity index (χ1n) is 14.8. The highest BCUT2D eigenvalue weighted by molar-refractivity contribution is 7.99. The molecule has 3 saturated carbocycles. The van der Waals surface area contributed by atoms with Crippen LogP contribution >= 0.6 is 0 Å². The molecule has 49 heavy (non-hydrogen) atoms. The summed E-state index contributed by atoms with van der Waals surface area (Å²) in [6, 6.07) is 0. The average molecular weight is 795 g/mol. The third-order valence-corrected chi connectivity index (χ3v) is 13.2. The summed E-state index contributed by atoms with van der Waals surface area (Å²) >= 11 is 0. The van der Waals surface area contributed by atoms with Crippen molar-refractivity contribution in [2.45, 2.75) is 153 Å². The van der Waals surface area contributed by atoms with Crippen LogP contribution in [0.15, 0.2) is 0 Å². The molecule has 290 valence electrons. The molecule has 1 unspecified atom stereocenters. The van der Waals surface area contributed by atoms with Crippen LogP contribution < -0.4 is 0 Å². The average Bonchev–Trinajstić information content (AvgIpc) is 2.98. The van der Waals surface area contributed by atoms with Crippen LogP contribution in [0, 0.1) is 0 Å². The molecule has 0 amide bonds. The van der Waals surface area contributed by atoms with E-state index in [-0.39, 0.29) is 0 Å². The number of alkyl halides is 17. The van der Waals surface area contributed by atoms with Crippen molar-refractivity contribution in [1.29, 1.82) is 0 Å². The van der Waals surface area contributed by atoms with Crippen molar-refractivity contribution in [3.8, 4) is 0 Å². The molecule has 0 heterocycles. The minimum Gasteiger partial charge on any atom is -0.743 e. The Labute approximate surface area is 272 Å². The van der Waals surface area contributed by atoms with Gasteiger partial charge in [-0.1, -0.05) is 12.8 Å². The van der Waals surface area contributed by atoms with Crippen molar-refractivity contribution >= 4 is 26.8 Å². The first-order valence-corrected chi connectivity index (χ1v) is 17.6.